The zero-order valence-corrected chi connectivity index (χ0v) is 17.2. The van der Waals surface area contributed by atoms with Gasteiger partial charge in [0.2, 0.25) is 5.91 Å². The summed E-state index contributed by atoms with van der Waals surface area (Å²) in [6.45, 7) is 13.2. The number of hydrogen-bond acceptors (Lipinski definition) is 6. The highest BCUT2D eigenvalue weighted by atomic mass is 32.2. The molecule has 0 heterocycles. The minimum atomic E-state index is -0.0424. The number of ether oxygens (including phenoxy) is 3. The van der Waals surface area contributed by atoms with Crippen molar-refractivity contribution in [3.05, 3.63) is 0 Å². The first-order valence-electron chi connectivity index (χ1n) is 9.03. The molecule has 0 rings (SSSR count). The van der Waals surface area contributed by atoms with Gasteiger partial charge < -0.3 is 19.5 Å². The van der Waals surface area contributed by atoms with E-state index in [2.05, 4.69) is 19.2 Å². The fourth-order valence-electron chi connectivity index (χ4n) is 1.86. The van der Waals surface area contributed by atoms with Crippen LogP contribution in [-0.2, 0) is 23.8 Å². The number of Topliss-reactive ketones (excluding diaryl/α,β-unsaturated/α-hetero) is 1. The van der Waals surface area contributed by atoms with Gasteiger partial charge >= 0.3 is 0 Å². The number of carbonyl (C=O) groups excluding carboxylic acids is 2. The molecule has 0 aromatic carbocycles. The molecule has 0 aliphatic carbocycles. The Morgan fingerprint density at radius 1 is 0.840 bits per heavy atom. The lowest BCUT2D eigenvalue weighted by atomic mass is 10.1. The quantitative estimate of drug-likeness (QED) is 0.416. The van der Waals surface area contributed by atoms with Crippen LogP contribution in [-0.4, -0.2) is 68.4 Å². The molecule has 0 aliphatic rings. The number of ketones is 1. The van der Waals surface area contributed by atoms with Crippen LogP contribution >= 0.6 is 11.8 Å². The smallest absolute Gasteiger partial charge is 0.232 e. The summed E-state index contributed by atoms with van der Waals surface area (Å²) in [7, 11) is 0. The van der Waals surface area contributed by atoms with Crippen molar-refractivity contribution in [3.63, 3.8) is 0 Å². The van der Waals surface area contributed by atoms with Gasteiger partial charge in [0, 0.05) is 18.9 Å². The molecule has 0 aromatic rings. The molecule has 0 bridgehead atoms. The molecule has 148 valence electrons. The number of nitrogens with one attached hydrogen (secondary N) is 1. The maximum absolute atomic E-state index is 11.8. The van der Waals surface area contributed by atoms with Crippen LogP contribution < -0.4 is 5.32 Å². The molecular formula is C18H35NO5S. The maximum Gasteiger partial charge on any atom is 0.232 e. The van der Waals surface area contributed by atoms with Gasteiger partial charge in [-0.3, -0.25) is 9.59 Å². The van der Waals surface area contributed by atoms with E-state index in [9.17, 15) is 9.59 Å². The Balaban J connectivity index is 3.31. The molecule has 0 fully saturated rings. The first-order chi connectivity index (χ1) is 11.8. The summed E-state index contributed by atoms with van der Waals surface area (Å²) < 4.78 is 16.1. The molecule has 25 heavy (non-hydrogen) atoms. The van der Waals surface area contributed by atoms with E-state index in [0.29, 0.717) is 57.9 Å². The van der Waals surface area contributed by atoms with Crippen molar-refractivity contribution in [2.24, 2.45) is 5.92 Å². The molecule has 0 spiro atoms. The van der Waals surface area contributed by atoms with Gasteiger partial charge in [0.1, 0.15) is 5.78 Å². The average molecular weight is 378 g/mol. The Labute approximate surface area is 156 Å². The van der Waals surface area contributed by atoms with E-state index in [1.54, 1.807) is 11.8 Å². The lowest BCUT2D eigenvalue weighted by Gasteiger charge is -2.14. The van der Waals surface area contributed by atoms with E-state index < -0.39 is 0 Å². The number of carbonyl (C=O) groups is 2. The van der Waals surface area contributed by atoms with Crippen LogP contribution in [0.15, 0.2) is 0 Å². The Hall–Kier alpha value is -0.630. The first kappa shape index (κ1) is 24.4. The number of amides is 1. The van der Waals surface area contributed by atoms with Gasteiger partial charge in [0.25, 0.3) is 0 Å². The van der Waals surface area contributed by atoms with Crippen LogP contribution in [0.4, 0.5) is 0 Å². The monoisotopic (exact) mass is 377 g/mol. The summed E-state index contributed by atoms with van der Waals surface area (Å²) in [6, 6.07) is 0. The van der Waals surface area contributed by atoms with Crippen molar-refractivity contribution in [2.75, 3.05) is 46.2 Å². The molecular weight excluding hydrogens is 342 g/mol. The lowest BCUT2D eigenvalue weighted by Crippen LogP contribution is -2.34. The van der Waals surface area contributed by atoms with Gasteiger partial charge in [-0.15, -0.1) is 11.8 Å². The van der Waals surface area contributed by atoms with Gasteiger partial charge in [-0.05, 0) is 12.2 Å². The molecule has 7 heteroatoms. The van der Waals surface area contributed by atoms with E-state index in [1.807, 2.05) is 20.8 Å². The highest BCUT2D eigenvalue weighted by Gasteiger charge is 2.13. The van der Waals surface area contributed by atoms with Crippen molar-refractivity contribution in [3.8, 4) is 0 Å². The highest BCUT2D eigenvalue weighted by Crippen LogP contribution is 2.16. The normalized spacial score (nSPS) is 12.6. The van der Waals surface area contributed by atoms with E-state index in [1.165, 1.54) is 0 Å². The summed E-state index contributed by atoms with van der Waals surface area (Å²) in [4.78, 5) is 23.1. The van der Waals surface area contributed by atoms with Gasteiger partial charge in [-0.1, -0.05) is 27.7 Å². The van der Waals surface area contributed by atoms with Crippen molar-refractivity contribution < 1.29 is 23.8 Å². The first-order valence-corrected chi connectivity index (χ1v) is 9.98. The van der Waals surface area contributed by atoms with Crippen LogP contribution in [0.25, 0.3) is 0 Å². The summed E-state index contributed by atoms with van der Waals surface area (Å²) in [5, 5.41) is 3.25. The molecule has 1 unspecified atom stereocenters. The standard InChI is InChI=1S/C18H35NO5S/c1-14(2)17(20)6-8-22-10-12-24-13-11-23-9-7-19-18(21)16(5)25-15(3)4/h14-16H,6-13H2,1-5H3,(H,19,21). The van der Waals surface area contributed by atoms with Gasteiger partial charge in [0.15, 0.2) is 0 Å². The topological polar surface area (TPSA) is 73.9 Å². The zero-order chi connectivity index (χ0) is 19.1. The highest BCUT2D eigenvalue weighted by molar-refractivity contribution is 8.01. The Bertz CT molecular complexity index is 363. The van der Waals surface area contributed by atoms with Crippen LogP contribution in [0.2, 0.25) is 0 Å². The third-order valence-electron chi connectivity index (χ3n) is 3.27. The molecule has 0 aromatic heterocycles. The minimum Gasteiger partial charge on any atom is -0.379 e. The third kappa shape index (κ3) is 15.3. The summed E-state index contributed by atoms with van der Waals surface area (Å²) in [5.74, 6) is 0.337. The average Bonchev–Trinajstić information content (AvgIpc) is 2.54. The van der Waals surface area contributed by atoms with E-state index >= 15 is 0 Å². The van der Waals surface area contributed by atoms with Gasteiger partial charge in [0.05, 0.1) is 44.9 Å². The Morgan fingerprint density at radius 3 is 1.88 bits per heavy atom. The lowest BCUT2D eigenvalue weighted by molar-refractivity contribution is -0.123. The predicted octanol–water partition coefficient (Wildman–Crippen LogP) is 2.30. The Morgan fingerprint density at radius 2 is 1.36 bits per heavy atom. The van der Waals surface area contributed by atoms with E-state index in [0.717, 1.165) is 0 Å². The van der Waals surface area contributed by atoms with Crippen molar-refractivity contribution in [1.29, 1.82) is 0 Å². The molecule has 0 saturated carbocycles. The fraction of sp³-hybridized carbons (Fsp3) is 0.889. The van der Waals surface area contributed by atoms with Crippen molar-refractivity contribution in [2.45, 2.75) is 51.5 Å². The van der Waals surface area contributed by atoms with E-state index in [-0.39, 0.29) is 22.9 Å². The van der Waals surface area contributed by atoms with Gasteiger partial charge in [-0.25, -0.2) is 0 Å². The SMILES string of the molecule is CC(C)SC(C)C(=O)NCCOCCOCCOCCC(=O)C(C)C. The molecule has 1 amide bonds. The van der Waals surface area contributed by atoms with Crippen LogP contribution in [0, 0.1) is 5.92 Å². The second kappa shape index (κ2) is 15.6. The number of rotatable bonds is 16. The van der Waals surface area contributed by atoms with Crippen LogP contribution in [0.1, 0.15) is 41.0 Å². The molecule has 6 nitrogen and oxygen atoms in total. The van der Waals surface area contributed by atoms with E-state index in [4.69, 9.17) is 14.2 Å². The zero-order valence-electron chi connectivity index (χ0n) is 16.3. The van der Waals surface area contributed by atoms with Gasteiger partial charge in [-0.2, -0.15) is 0 Å². The van der Waals surface area contributed by atoms with Crippen molar-refractivity contribution >= 4 is 23.5 Å². The molecule has 0 aliphatic heterocycles. The van der Waals surface area contributed by atoms with Crippen molar-refractivity contribution in [1.82, 2.24) is 5.32 Å². The van der Waals surface area contributed by atoms with Crippen LogP contribution in [0.3, 0.4) is 0 Å². The minimum absolute atomic E-state index is 0.0424. The maximum atomic E-state index is 11.8. The number of thioether (sulfide) groups is 1. The second-order valence-corrected chi connectivity index (χ2v) is 8.25. The summed E-state index contributed by atoms with van der Waals surface area (Å²) >= 11 is 1.64. The largest absolute Gasteiger partial charge is 0.379 e. The van der Waals surface area contributed by atoms with Crippen LogP contribution in [0.5, 0.6) is 0 Å². The summed E-state index contributed by atoms with van der Waals surface area (Å²) in [5.41, 5.74) is 0. The second-order valence-electron chi connectivity index (χ2n) is 6.33. The molecule has 1 N–H and O–H groups in total. The molecule has 0 radical (unpaired) electrons. The Kier molecular flexibility index (Phi) is 15.2. The third-order valence-corrected chi connectivity index (χ3v) is 4.44. The molecule has 0 saturated heterocycles. The fourth-order valence-corrected chi connectivity index (χ4v) is 2.89. The predicted molar refractivity (Wildman–Crippen MR) is 102 cm³/mol. The summed E-state index contributed by atoms with van der Waals surface area (Å²) in [6.07, 6.45) is 0.459. The molecule has 1 atom stereocenters. The number of hydrogen-bond donors (Lipinski definition) is 1.